The lowest BCUT2D eigenvalue weighted by Gasteiger charge is -2.24. The number of hydrogen-bond donors (Lipinski definition) is 1. The van der Waals surface area contributed by atoms with Crippen LogP contribution in [0.5, 0.6) is 11.5 Å². The predicted octanol–water partition coefficient (Wildman–Crippen LogP) is 2.21. The second kappa shape index (κ2) is 8.77. The minimum absolute atomic E-state index is 0.0555. The van der Waals surface area contributed by atoms with Gasteiger partial charge in [-0.2, -0.15) is 0 Å². The Morgan fingerprint density at radius 2 is 1.85 bits per heavy atom. The van der Waals surface area contributed by atoms with E-state index in [1.54, 1.807) is 36.4 Å². The third-order valence-corrected chi connectivity index (χ3v) is 5.12. The van der Waals surface area contributed by atoms with E-state index in [1.165, 1.54) is 18.5 Å². The van der Waals surface area contributed by atoms with Gasteiger partial charge < -0.3 is 14.8 Å². The number of sulfonamides is 1. The number of anilines is 1. The Labute approximate surface area is 160 Å². The maximum absolute atomic E-state index is 12.3. The molecule has 0 aliphatic rings. The molecule has 0 atom stereocenters. The Morgan fingerprint density at radius 3 is 2.44 bits per heavy atom. The lowest BCUT2D eigenvalue weighted by atomic mass is 10.1. The highest BCUT2D eigenvalue weighted by Crippen LogP contribution is 2.33. The summed E-state index contributed by atoms with van der Waals surface area (Å²) in [5.74, 6) is 0.638. The molecule has 1 amide bonds. The van der Waals surface area contributed by atoms with Crippen molar-refractivity contribution in [2.75, 3.05) is 37.9 Å². The van der Waals surface area contributed by atoms with Gasteiger partial charge >= 0.3 is 0 Å². The molecule has 146 valence electrons. The van der Waals surface area contributed by atoms with Crippen LogP contribution in [0.2, 0.25) is 0 Å². The van der Waals surface area contributed by atoms with Gasteiger partial charge in [0.15, 0.2) is 0 Å². The topological polar surface area (TPSA) is 84.9 Å². The largest absolute Gasteiger partial charge is 0.497 e. The molecule has 0 aliphatic carbocycles. The first-order valence-electron chi connectivity index (χ1n) is 8.31. The number of methoxy groups -OCH3 is 2. The van der Waals surface area contributed by atoms with Crippen molar-refractivity contribution in [1.82, 2.24) is 5.32 Å². The SMILES string of the molecule is COc1ccc(OC)c(N(CCNC(=O)c2cccc(C)c2)S(C)(=O)=O)c1. The highest BCUT2D eigenvalue weighted by Gasteiger charge is 2.22. The molecule has 0 bridgehead atoms. The van der Waals surface area contributed by atoms with E-state index >= 15 is 0 Å². The van der Waals surface area contributed by atoms with Crippen LogP contribution in [0.4, 0.5) is 5.69 Å². The van der Waals surface area contributed by atoms with Crippen molar-refractivity contribution in [3.8, 4) is 11.5 Å². The van der Waals surface area contributed by atoms with Gasteiger partial charge in [0.1, 0.15) is 11.5 Å². The zero-order valence-electron chi connectivity index (χ0n) is 15.9. The fraction of sp³-hybridized carbons (Fsp3) is 0.316. The summed E-state index contributed by atoms with van der Waals surface area (Å²) in [6, 6.07) is 12.1. The third kappa shape index (κ3) is 5.37. The highest BCUT2D eigenvalue weighted by atomic mass is 32.2. The molecule has 2 rings (SSSR count). The van der Waals surface area contributed by atoms with Crippen molar-refractivity contribution in [1.29, 1.82) is 0 Å². The molecule has 7 nitrogen and oxygen atoms in total. The maximum atomic E-state index is 12.3. The van der Waals surface area contributed by atoms with Crippen molar-refractivity contribution < 1.29 is 22.7 Å². The fourth-order valence-corrected chi connectivity index (χ4v) is 3.54. The molecule has 2 aromatic rings. The van der Waals surface area contributed by atoms with Crippen LogP contribution in [-0.2, 0) is 10.0 Å². The molecule has 0 saturated carbocycles. The monoisotopic (exact) mass is 392 g/mol. The summed E-state index contributed by atoms with van der Waals surface area (Å²) in [5, 5.41) is 2.75. The van der Waals surface area contributed by atoms with Gasteiger partial charge in [0, 0.05) is 18.2 Å². The summed E-state index contributed by atoms with van der Waals surface area (Å²) in [4.78, 5) is 12.3. The molecule has 27 heavy (non-hydrogen) atoms. The van der Waals surface area contributed by atoms with Crippen LogP contribution in [0.15, 0.2) is 42.5 Å². The van der Waals surface area contributed by atoms with Crippen LogP contribution in [0.25, 0.3) is 0 Å². The molecule has 0 unspecified atom stereocenters. The molecule has 0 radical (unpaired) electrons. The van der Waals surface area contributed by atoms with Gasteiger partial charge in [0.05, 0.1) is 32.7 Å². The van der Waals surface area contributed by atoms with Crippen LogP contribution in [0.3, 0.4) is 0 Å². The number of ether oxygens (including phenoxy) is 2. The van der Waals surface area contributed by atoms with Crippen molar-refractivity contribution >= 4 is 21.6 Å². The number of carbonyl (C=O) groups is 1. The summed E-state index contributed by atoms with van der Waals surface area (Å²) in [7, 11) is -0.636. The summed E-state index contributed by atoms with van der Waals surface area (Å²) in [6.45, 7) is 2.09. The molecule has 8 heteroatoms. The van der Waals surface area contributed by atoms with Gasteiger partial charge in [0.2, 0.25) is 10.0 Å². The van der Waals surface area contributed by atoms with E-state index in [0.29, 0.717) is 22.7 Å². The van der Waals surface area contributed by atoms with Gasteiger partial charge in [-0.05, 0) is 31.2 Å². The van der Waals surface area contributed by atoms with Crippen molar-refractivity contribution in [2.45, 2.75) is 6.92 Å². The average molecular weight is 392 g/mol. The number of carbonyl (C=O) groups excluding carboxylic acids is 1. The smallest absolute Gasteiger partial charge is 0.251 e. The lowest BCUT2D eigenvalue weighted by Crippen LogP contribution is -2.38. The predicted molar refractivity (Wildman–Crippen MR) is 105 cm³/mol. The van der Waals surface area contributed by atoms with E-state index in [2.05, 4.69) is 5.32 Å². The first-order valence-corrected chi connectivity index (χ1v) is 10.2. The highest BCUT2D eigenvalue weighted by molar-refractivity contribution is 7.92. The third-order valence-electron chi connectivity index (χ3n) is 3.94. The standard InChI is InChI=1S/C19H24N2O5S/c1-14-6-5-7-15(12-14)19(22)20-10-11-21(27(4,23)24)17-13-16(25-2)8-9-18(17)26-3/h5-9,12-13H,10-11H2,1-4H3,(H,20,22). The Bertz CT molecular complexity index is 912. The molecule has 0 aromatic heterocycles. The Morgan fingerprint density at radius 1 is 1.11 bits per heavy atom. The first-order chi connectivity index (χ1) is 12.8. The van der Waals surface area contributed by atoms with Crippen LogP contribution in [0, 0.1) is 6.92 Å². The van der Waals surface area contributed by atoms with Gasteiger partial charge in [0.25, 0.3) is 5.91 Å². The van der Waals surface area contributed by atoms with Crippen molar-refractivity contribution in [3.63, 3.8) is 0 Å². The van der Waals surface area contributed by atoms with Crippen molar-refractivity contribution in [3.05, 3.63) is 53.6 Å². The molecule has 0 spiro atoms. The molecule has 0 aliphatic heterocycles. The van der Waals surface area contributed by atoms with Gasteiger partial charge in [-0.1, -0.05) is 17.7 Å². The number of nitrogens with one attached hydrogen (secondary N) is 1. The van der Waals surface area contributed by atoms with E-state index in [-0.39, 0.29) is 19.0 Å². The van der Waals surface area contributed by atoms with E-state index in [9.17, 15) is 13.2 Å². The molecule has 0 saturated heterocycles. The van der Waals surface area contributed by atoms with E-state index < -0.39 is 10.0 Å². The van der Waals surface area contributed by atoms with Gasteiger partial charge in [-0.25, -0.2) is 8.42 Å². The molecular formula is C19H24N2O5S. The van der Waals surface area contributed by atoms with Crippen LogP contribution >= 0.6 is 0 Å². The summed E-state index contributed by atoms with van der Waals surface area (Å²) in [6.07, 6.45) is 1.11. The summed E-state index contributed by atoms with van der Waals surface area (Å²) in [5.41, 5.74) is 1.85. The summed E-state index contributed by atoms with van der Waals surface area (Å²) >= 11 is 0. The Hall–Kier alpha value is -2.74. The first kappa shape index (κ1) is 20.6. The van der Waals surface area contributed by atoms with Gasteiger partial charge in [-0.3, -0.25) is 9.10 Å². The number of nitrogens with zero attached hydrogens (tertiary/aromatic N) is 1. The van der Waals surface area contributed by atoms with E-state index in [1.807, 2.05) is 13.0 Å². The van der Waals surface area contributed by atoms with E-state index in [4.69, 9.17) is 9.47 Å². The fourth-order valence-electron chi connectivity index (χ4n) is 2.62. The average Bonchev–Trinajstić information content (AvgIpc) is 2.63. The number of benzene rings is 2. The Balaban J connectivity index is 2.18. The second-order valence-corrected chi connectivity index (χ2v) is 7.91. The molecule has 0 heterocycles. The zero-order valence-corrected chi connectivity index (χ0v) is 16.7. The molecular weight excluding hydrogens is 368 g/mol. The lowest BCUT2D eigenvalue weighted by molar-refractivity contribution is 0.0954. The summed E-state index contributed by atoms with van der Waals surface area (Å²) < 4.78 is 36.3. The van der Waals surface area contributed by atoms with Crippen molar-refractivity contribution in [2.24, 2.45) is 0 Å². The number of amides is 1. The van der Waals surface area contributed by atoms with Gasteiger partial charge in [-0.15, -0.1) is 0 Å². The van der Waals surface area contributed by atoms with E-state index in [0.717, 1.165) is 11.8 Å². The van der Waals surface area contributed by atoms with Crippen LogP contribution in [-0.4, -0.2) is 47.9 Å². The molecule has 2 aromatic carbocycles. The minimum atomic E-state index is -3.60. The second-order valence-electron chi connectivity index (χ2n) is 6.00. The number of hydrogen-bond acceptors (Lipinski definition) is 5. The van der Waals surface area contributed by atoms with Crippen LogP contribution in [0.1, 0.15) is 15.9 Å². The quantitative estimate of drug-likeness (QED) is 0.745. The maximum Gasteiger partial charge on any atom is 0.251 e. The number of rotatable bonds is 8. The molecule has 0 fully saturated rings. The molecule has 1 N–H and O–H groups in total. The normalized spacial score (nSPS) is 11.0. The number of aryl methyl sites for hydroxylation is 1. The van der Waals surface area contributed by atoms with Crippen LogP contribution < -0.4 is 19.1 Å². The minimum Gasteiger partial charge on any atom is -0.497 e. The zero-order chi connectivity index (χ0) is 20.0. The Kier molecular flexibility index (Phi) is 6.68.